The molecule has 0 aliphatic heterocycles. The Morgan fingerprint density at radius 3 is 2.35 bits per heavy atom. The summed E-state index contributed by atoms with van der Waals surface area (Å²) in [6, 6.07) is 13.1. The Kier molecular flexibility index (Phi) is 6.29. The number of amides is 1. The van der Waals surface area contributed by atoms with Gasteiger partial charge < -0.3 is 14.8 Å². The van der Waals surface area contributed by atoms with Crippen molar-refractivity contribution in [3.8, 4) is 11.5 Å². The van der Waals surface area contributed by atoms with Crippen LogP contribution in [-0.4, -0.2) is 20.1 Å². The molecule has 122 valence electrons. The molecule has 0 aromatic heterocycles. The van der Waals surface area contributed by atoms with Gasteiger partial charge in [-0.2, -0.15) is 0 Å². The van der Waals surface area contributed by atoms with Crippen LogP contribution in [0.5, 0.6) is 11.5 Å². The van der Waals surface area contributed by atoms with Crippen LogP contribution >= 0.6 is 11.6 Å². The van der Waals surface area contributed by atoms with Gasteiger partial charge in [-0.25, -0.2) is 0 Å². The lowest BCUT2D eigenvalue weighted by Gasteiger charge is -2.09. The van der Waals surface area contributed by atoms with Crippen LogP contribution in [0.25, 0.3) is 0 Å². The topological polar surface area (TPSA) is 47.6 Å². The van der Waals surface area contributed by atoms with Gasteiger partial charge in [-0.3, -0.25) is 4.79 Å². The fourth-order valence-corrected chi connectivity index (χ4v) is 2.42. The highest BCUT2D eigenvalue weighted by atomic mass is 35.5. The van der Waals surface area contributed by atoms with Crippen molar-refractivity contribution in [3.05, 3.63) is 58.6 Å². The molecule has 1 N–H and O–H groups in total. The first-order chi connectivity index (χ1) is 11.1. The van der Waals surface area contributed by atoms with Gasteiger partial charge in [0.2, 0.25) is 5.91 Å². The molecule has 0 bridgehead atoms. The Bertz CT molecular complexity index is 651. The molecule has 0 spiro atoms. The highest BCUT2D eigenvalue weighted by Gasteiger charge is 2.06. The number of rotatable bonds is 7. The third kappa shape index (κ3) is 5.49. The van der Waals surface area contributed by atoms with Crippen molar-refractivity contribution in [1.29, 1.82) is 0 Å². The van der Waals surface area contributed by atoms with Crippen molar-refractivity contribution in [3.63, 3.8) is 0 Å². The fourth-order valence-electron chi connectivity index (χ4n) is 2.20. The Hall–Kier alpha value is -2.20. The molecule has 0 heterocycles. The van der Waals surface area contributed by atoms with Crippen molar-refractivity contribution < 1.29 is 14.3 Å². The van der Waals surface area contributed by atoms with E-state index in [-0.39, 0.29) is 5.91 Å². The van der Waals surface area contributed by atoms with E-state index in [4.69, 9.17) is 21.1 Å². The van der Waals surface area contributed by atoms with Crippen molar-refractivity contribution in [2.75, 3.05) is 14.2 Å². The van der Waals surface area contributed by atoms with Gasteiger partial charge in [-0.1, -0.05) is 23.7 Å². The van der Waals surface area contributed by atoms with Crippen LogP contribution in [0, 0.1) is 0 Å². The lowest BCUT2D eigenvalue weighted by Crippen LogP contribution is -2.22. The molecule has 23 heavy (non-hydrogen) atoms. The first-order valence-electron chi connectivity index (χ1n) is 7.34. The maximum Gasteiger partial charge on any atom is 0.220 e. The van der Waals surface area contributed by atoms with Crippen LogP contribution in [-0.2, 0) is 17.8 Å². The second-order valence-corrected chi connectivity index (χ2v) is 5.56. The summed E-state index contributed by atoms with van der Waals surface area (Å²) in [5.41, 5.74) is 1.98. The Morgan fingerprint density at radius 1 is 1.04 bits per heavy atom. The summed E-state index contributed by atoms with van der Waals surface area (Å²) in [5.74, 6) is 1.43. The van der Waals surface area contributed by atoms with Crippen LogP contribution in [0.2, 0.25) is 5.02 Å². The maximum absolute atomic E-state index is 12.0. The van der Waals surface area contributed by atoms with Crippen LogP contribution in [0.1, 0.15) is 17.5 Å². The first-order valence-corrected chi connectivity index (χ1v) is 7.71. The molecule has 1 amide bonds. The molecular weight excluding hydrogens is 314 g/mol. The van der Waals surface area contributed by atoms with Gasteiger partial charge in [-0.15, -0.1) is 0 Å². The number of hydrogen-bond donors (Lipinski definition) is 1. The molecule has 2 aromatic rings. The molecule has 0 radical (unpaired) electrons. The monoisotopic (exact) mass is 333 g/mol. The van der Waals surface area contributed by atoms with Gasteiger partial charge in [0.25, 0.3) is 0 Å². The van der Waals surface area contributed by atoms with Crippen LogP contribution in [0.15, 0.2) is 42.5 Å². The number of carbonyl (C=O) groups excluding carboxylic acids is 1. The standard InChI is InChI=1S/C18H20ClNO3/c1-22-16-9-13(10-17(11-16)23-2)6-7-18(21)20-12-14-4-3-5-15(19)8-14/h3-5,8-11H,6-7,12H2,1-2H3,(H,20,21). The third-order valence-electron chi connectivity index (χ3n) is 3.43. The lowest BCUT2D eigenvalue weighted by atomic mass is 10.1. The van der Waals surface area contributed by atoms with Crippen molar-refractivity contribution in [2.45, 2.75) is 19.4 Å². The van der Waals surface area contributed by atoms with Crippen LogP contribution in [0.3, 0.4) is 0 Å². The van der Waals surface area contributed by atoms with E-state index in [0.29, 0.717) is 24.4 Å². The summed E-state index contributed by atoms with van der Waals surface area (Å²) >= 11 is 5.92. The number of ether oxygens (including phenoxy) is 2. The van der Waals surface area contributed by atoms with Gasteiger partial charge >= 0.3 is 0 Å². The summed E-state index contributed by atoms with van der Waals surface area (Å²) in [6.45, 7) is 0.473. The van der Waals surface area contributed by atoms with Gasteiger partial charge in [0.15, 0.2) is 0 Å². The fraction of sp³-hybridized carbons (Fsp3) is 0.278. The number of halogens is 1. The first kappa shape index (κ1) is 17.2. The molecule has 0 aliphatic rings. The van der Waals surface area contributed by atoms with Crippen molar-refractivity contribution in [2.24, 2.45) is 0 Å². The molecule has 0 atom stereocenters. The molecule has 0 saturated heterocycles. The molecular formula is C18H20ClNO3. The number of nitrogens with one attached hydrogen (secondary N) is 1. The average molecular weight is 334 g/mol. The minimum atomic E-state index is -0.00763. The number of benzene rings is 2. The summed E-state index contributed by atoms with van der Waals surface area (Å²) < 4.78 is 10.5. The van der Waals surface area contributed by atoms with E-state index in [2.05, 4.69) is 5.32 Å². The number of carbonyl (C=O) groups is 1. The lowest BCUT2D eigenvalue weighted by molar-refractivity contribution is -0.121. The summed E-state index contributed by atoms with van der Waals surface area (Å²) in [7, 11) is 3.21. The second kappa shape index (κ2) is 8.44. The minimum absolute atomic E-state index is 0.00763. The van der Waals surface area contributed by atoms with E-state index in [1.165, 1.54) is 0 Å². The molecule has 5 heteroatoms. The van der Waals surface area contributed by atoms with Crippen molar-refractivity contribution >= 4 is 17.5 Å². The quantitative estimate of drug-likeness (QED) is 0.842. The zero-order chi connectivity index (χ0) is 16.7. The van der Waals surface area contributed by atoms with E-state index >= 15 is 0 Å². The summed E-state index contributed by atoms with van der Waals surface area (Å²) in [5, 5.41) is 3.56. The van der Waals surface area contributed by atoms with E-state index in [9.17, 15) is 4.79 Å². The zero-order valence-corrected chi connectivity index (χ0v) is 14.0. The maximum atomic E-state index is 12.0. The molecule has 0 unspecified atom stereocenters. The van der Waals surface area contributed by atoms with Crippen LogP contribution in [0.4, 0.5) is 0 Å². The van der Waals surface area contributed by atoms with Gasteiger partial charge in [-0.05, 0) is 41.8 Å². The summed E-state index contributed by atoms with van der Waals surface area (Å²) in [6.07, 6.45) is 1.02. The normalized spacial score (nSPS) is 10.2. The SMILES string of the molecule is COc1cc(CCC(=O)NCc2cccc(Cl)c2)cc(OC)c1. The number of methoxy groups -OCH3 is 2. The van der Waals surface area contributed by atoms with Gasteiger partial charge in [0.1, 0.15) is 11.5 Å². The van der Waals surface area contributed by atoms with Crippen molar-refractivity contribution in [1.82, 2.24) is 5.32 Å². The van der Waals surface area contributed by atoms with Gasteiger partial charge in [0, 0.05) is 24.1 Å². The van der Waals surface area contributed by atoms with E-state index in [1.807, 2.05) is 42.5 Å². The zero-order valence-electron chi connectivity index (χ0n) is 13.3. The van der Waals surface area contributed by atoms with E-state index in [0.717, 1.165) is 22.6 Å². The highest BCUT2D eigenvalue weighted by Crippen LogP contribution is 2.23. The van der Waals surface area contributed by atoms with E-state index in [1.54, 1.807) is 14.2 Å². The molecule has 2 aromatic carbocycles. The molecule has 0 fully saturated rings. The van der Waals surface area contributed by atoms with Crippen LogP contribution < -0.4 is 14.8 Å². The Morgan fingerprint density at radius 2 is 1.74 bits per heavy atom. The molecule has 0 aliphatic carbocycles. The average Bonchev–Trinajstić information content (AvgIpc) is 2.57. The molecule has 4 nitrogen and oxygen atoms in total. The molecule has 2 rings (SSSR count). The van der Waals surface area contributed by atoms with E-state index < -0.39 is 0 Å². The second-order valence-electron chi connectivity index (χ2n) is 5.13. The smallest absolute Gasteiger partial charge is 0.220 e. The largest absolute Gasteiger partial charge is 0.497 e. The van der Waals surface area contributed by atoms with Gasteiger partial charge in [0.05, 0.1) is 14.2 Å². The highest BCUT2D eigenvalue weighted by molar-refractivity contribution is 6.30. The summed E-state index contributed by atoms with van der Waals surface area (Å²) in [4.78, 5) is 12.0. The minimum Gasteiger partial charge on any atom is -0.497 e. The Balaban J connectivity index is 1.86. The number of hydrogen-bond acceptors (Lipinski definition) is 3. The Labute approximate surface area is 141 Å². The predicted octanol–water partition coefficient (Wildman–Crippen LogP) is 3.61. The predicted molar refractivity (Wildman–Crippen MR) is 91.2 cm³/mol. The third-order valence-corrected chi connectivity index (χ3v) is 3.67. The number of aryl methyl sites for hydroxylation is 1. The molecule has 0 saturated carbocycles.